The molecule has 2 aromatic heterocycles. The average molecular weight is 732 g/mol. The van der Waals surface area contributed by atoms with Crippen LogP contribution in [0.4, 0.5) is 57.3 Å². The van der Waals surface area contributed by atoms with Crippen molar-refractivity contribution in [2.24, 2.45) is 7.05 Å². The highest BCUT2D eigenvalue weighted by atomic mass is 28.3. The van der Waals surface area contributed by atoms with Gasteiger partial charge in [-0.25, -0.2) is 9.14 Å². The Labute approximate surface area is 321 Å². The Bertz CT molecular complexity index is 2800. The molecule has 0 saturated carbocycles. The van der Waals surface area contributed by atoms with Gasteiger partial charge in [0.1, 0.15) is 5.52 Å². The summed E-state index contributed by atoms with van der Waals surface area (Å²) < 4.78 is 13.9. The average Bonchev–Trinajstić information content (AvgIpc) is 3.93. The maximum Gasteiger partial charge on any atom is 0.307 e. The summed E-state index contributed by atoms with van der Waals surface area (Å²) in [5.74, 6) is 1.24. The van der Waals surface area contributed by atoms with Gasteiger partial charge in [0, 0.05) is 19.0 Å². The van der Waals surface area contributed by atoms with E-state index in [0.717, 1.165) is 68.6 Å². The van der Waals surface area contributed by atoms with E-state index in [9.17, 15) is 0 Å². The van der Waals surface area contributed by atoms with E-state index in [2.05, 4.69) is 202 Å². The molecule has 0 unspecified atom stereocenters. The van der Waals surface area contributed by atoms with E-state index in [1.54, 1.807) is 0 Å². The van der Waals surface area contributed by atoms with Crippen molar-refractivity contribution in [2.75, 3.05) is 33.8 Å². The van der Waals surface area contributed by atoms with Crippen LogP contribution in [0.5, 0.6) is 0 Å². The number of oxazole rings is 1. The number of para-hydroxylation sites is 4. The molecule has 1 radical (unpaired) electrons. The number of benzene rings is 6. The van der Waals surface area contributed by atoms with E-state index in [0.29, 0.717) is 6.01 Å². The van der Waals surface area contributed by atoms with E-state index in [4.69, 9.17) is 9.40 Å². The molecule has 3 aliphatic heterocycles. The second-order valence-corrected chi connectivity index (χ2v) is 16.7. The largest absolute Gasteiger partial charge is 0.423 e. The fraction of sp³-hybridized carbons (Fsp3) is 0.0870. The van der Waals surface area contributed by atoms with Crippen LogP contribution in [0.25, 0.3) is 22.2 Å². The van der Waals surface area contributed by atoms with Crippen molar-refractivity contribution in [2.45, 2.75) is 6.42 Å². The standard InChI is InChI=1S/C46H37N7OSi/c1-49-27-26-33-34(29-50(2)45(33)49)30-22-24-39-41(28-30)52(40-21-13-12-20-38(40)51(39)3)46-48-43-42(54-46)25-23-36-44(43)53(37-19-11-10-18-35(37)47-36)55(31-14-6-4-7-15-31)32-16-8-5-9-17-32/h4-25,27-29,47H,26H2,1-3H3/q+1. The van der Waals surface area contributed by atoms with Crippen LogP contribution in [0, 0.1) is 0 Å². The first-order chi connectivity index (χ1) is 27.0. The summed E-state index contributed by atoms with van der Waals surface area (Å²) in [5, 5.41) is 6.33. The molecule has 6 aromatic carbocycles. The van der Waals surface area contributed by atoms with Crippen molar-refractivity contribution in [3.63, 3.8) is 0 Å². The van der Waals surface area contributed by atoms with Crippen LogP contribution in [0.3, 0.4) is 0 Å². The van der Waals surface area contributed by atoms with E-state index < -0.39 is 8.96 Å². The molecule has 0 spiro atoms. The molecule has 8 aromatic rings. The number of hydrogen-bond donors (Lipinski definition) is 1. The minimum atomic E-state index is -1.59. The highest BCUT2D eigenvalue weighted by molar-refractivity contribution is 6.89. The number of aromatic nitrogens is 2. The number of fused-ring (bicyclic) bond motifs is 7. The van der Waals surface area contributed by atoms with Gasteiger partial charge in [0.15, 0.2) is 5.58 Å². The molecular formula is C46H37N7OSi+. The first-order valence-electron chi connectivity index (χ1n) is 18.6. The monoisotopic (exact) mass is 731 g/mol. The first-order valence-corrected chi connectivity index (χ1v) is 20.1. The molecule has 0 fully saturated rings. The van der Waals surface area contributed by atoms with Gasteiger partial charge in [-0.3, -0.25) is 4.90 Å². The molecule has 0 atom stereocenters. The van der Waals surface area contributed by atoms with Crippen LogP contribution in [-0.2, 0) is 13.5 Å². The number of aryl methyl sites for hydroxylation is 1. The zero-order valence-electron chi connectivity index (χ0n) is 30.7. The van der Waals surface area contributed by atoms with Gasteiger partial charge in [-0.15, -0.1) is 0 Å². The van der Waals surface area contributed by atoms with Crippen molar-refractivity contribution < 1.29 is 8.99 Å². The van der Waals surface area contributed by atoms with Gasteiger partial charge in [-0.05, 0) is 64.5 Å². The summed E-state index contributed by atoms with van der Waals surface area (Å²) in [6, 6.07) is 50.4. The van der Waals surface area contributed by atoms with E-state index >= 15 is 0 Å². The lowest BCUT2D eigenvalue weighted by atomic mass is 9.99. The fourth-order valence-electron chi connectivity index (χ4n) is 8.73. The van der Waals surface area contributed by atoms with Crippen LogP contribution in [-0.4, -0.2) is 43.4 Å². The molecule has 0 aliphatic carbocycles. The van der Waals surface area contributed by atoms with Crippen molar-refractivity contribution in [1.82, 2.24) is 9.55 Å². The predicted octanol–water partition coefficient (Wildman–Crippen LogP) is 9.29. The van der Waals surface area contributed by atoms with Gasteiger partial charge in [0.25, 0.3) is 5.82 Å². The molecule has 1 N–H and O–H groups in total. The van der Waals surface area contributed by atoms with Gasteiger partial charge >= 0.3 is 6.01 Å². The molecule has 3 aliphatic rings. The smallest absolute Gasteiger partial charge is 0.307 e. The number of anilines is 9. The summed E-state index contributed by atoms with van der Waals surface area (Å²) in [6.45, 7) is 0. The third-order valence-electron chi connectivity index (χ3n) is 11.2. The Kier molecular flexibility index (Phi) is 6.96. The normalized spacial score (nSPS) is 14.0. The molecule has 55 heavy (non-hydrogen) atoms. The lowest BCUT2D eigenvalue weighted by molar-refractivity contribution is -0.403. The van der Waals surface area contributed by atoms with E-state index in [1.165, 1.54) is 27.3 Å². The quantitative estimate of drug-likeness (QED) is 0.141. The van der Waals surface area contributed by atoms with Gasteiger partial charge in [0.05, 0.1) is 77.6 Å². The molecule has 0 amide bonds. The first kappa shape index (κ1) is 31.7. The third kappa shape index (κ3) is 4.76. The topological polar surface area (TPSA) is 55.7 Å². The zero-order chi connectivity index (χ0) is 36.8. The maximum atomic E-state index is 6.93. The molecule has 9 heteroatoms. The van der Waals surface area contributed by atoms with Crippen LogP contribution in [0.15, 0.2) is 150 Å². The van der Waals surface area contributed by atoms with Gasteiger partial charge in [-0.2, -0.15) is 4.98 Å². The van der Waals surface area contributed by atoms with Crippen molar-refractivity contribution in [1.29, 1.82) is 0 Å². The molecule has 0 saturated heterocycles. The van der Waals surface area contributed by atoms with E-state index in [1.807, 2.05) is 0 Å². The lowest BCUT2D eigenvalue weighted by Gasteiger charge is -2.39. The van der Waals surface area contributed by atoms with Gasteiger partial charge in [-0.1, -0.05) is 91.0 Å². The zero-order valence-corrected chi connectivity index (χ0v) is 31.7. The second-order valence-electron chi connectivity index (χ2n) is 14.4. The van der Waals surface area contributed by atoms with E-state index in [-0.39, 0.29) is 0 Å². The summed E-state index contributed by atoms with van der Waals surface area (Å²) in [6.07, 6.45) is 5.41. The molecule has 0 bridgehead atoms. The van der Waals surface area contributed by atoms with Gasteiger partial charge < -0.3 is 19.2 Å². The van der Waals surface area contributed by atoms with Crippen LogP contribution >= 0.6 is 0 Å². The molecular weight excluding hydrogens is 695 g/mol. The Morgan fingerprint density at radius 1 is 0.691 bits per heavy atom. The van der Waals surface area contributed by atoms with Gasteiger partial charge in [0.2, 0.25) is 8.96 Å². The second kappa shape index (κ2) is 12.1. The van der Waals surface area contributed by atoms with Crippen LogP contribution in [0.1, 0.15) is 5.56 Å². The SMILES string of the molecule is CN1c2ccccc2N(c2nc3c4c(ccc3o2)Nc2ccccc2N4[Si](c2ccccc2)c2ccccc2)c2cc(-c3cn(C)c4c3CC=[N+]4C)ccc21. The third-order valence-corrected chi connectivity index (χ3v) is 13.9. The Balaban J connectivity index is 1.13. The number of nitrogens with zero attached hydrogens (tertiary/aromatic N) is 6. The van der Waals surface area contributed by atoms with Crippen molar-refractivity contribution >= 4 is 94.0 Å². The van der Waals surface area contributed by atoms with Crippen LogP contribution in [0.2, 0.25) is 0 Å². The van der Waals surface area contributed by atoms with Crippen molar-refractivity contribution in [3.05, 3.63) is 151 Å². The highest BCUT2D eigenvalue weighted by Crippen LogP contribution is 2.54. The Morgan fingerprint density at radius 3 is 2.13 bits per heavy atom. The fourth-order valence-corrected chi connectivity index (χ4v) is 11.5. The Morgan fingerprint density at radius 2 is 1.36 bits per heavy atom. The lowest BCUT2D eigenvalue weighted by Crippen LogP contribution is -2.55. The highest BCUT2D eigenvalue weighted by Gasteiger charge is 2.37. The summed E-state index contributed by atoms with van der Waals surface area (Å²) in [5.41, 5.74) is 13.7. The molecule has 11 rings (SSSR count). The minimum absolute atomic E-state index is 0.528. The van der Waals surface area contributed by atoms with Crippen LogP contribution < -0.4 is 30.1 Å². The summed E-state index contributed by atoms with van der Waals surface area (Å²) in [4.78, 5) is 9.97. The number of rotatable bonds is 5. The maximum absolute atomic E-state index is 6.93. The van der Waals surface area contributed by atoms with Crippen molar-refractivity contribution in [3.8, 4) is 11.1 Å². The summed E-state index contributed by atoms with van der Waals surface area (Å²) >= 11 is 0. The molecule has 265 valence electrons. The summed E-state index contributed by atoms with van der Waals surface area (Å²) in [7, 11) is 4.80. The minimum Gasteiger partial charge on any atom is -0.423 e. The predicted molar refractivity (Wildman–Crippen MR) is 227 cm³/mol. The number of hydrogen-bond acceptors (Lipinski definition) is 6. The molecule has 5 heterocycles. The number of nitrogens with one attached hydrogen (secondary N) is 1. The Hall–Kier alpha value is -6.84. The molecule has 8 nitrogen and oxygen atoms in total.